The third-order valence-electron chi connectivity index (χ3n) is 2.00. The molecule has 1 unspecified atom stereocenters. The number of aromatic nitrogens is 1. The smallest absolute Gasteiger partial charge is 0.251 e. The first-order chi connectivity index (χ1) is 6.65. The Labute approximate surface area is 83.5 Å². The van der Waals surface area contributed by atoms with Gasteiger partial charge in [0.1, 0.15) is 0 Å². The summed E-state index contributed by atoms with van der Waals surface area (Å²) in [7, 11) is 0. The first-order valence-electron chi connectivity index (χ1n) is 4.56. The number of nitrogens with one attached hydrogen (secondary N) is 1. The van der Waals surface area contributed by atoms with Crippen molar-refractivity contribution in [2.45, 2.75) is 19.9 Å². The highest BCUT2D eigenvalue weighted by Gasteiger charge is 2.10. The van der Waals surface area contributed by atoms with Gasteiger partial charge in [0.25, 0.3) is 5.91 Å². The van der Waals surface area contributed by atoms with E-state index < -0.39 is 0 Å². The van der Waals surface area contributed by atoms with E-state index in [2.05, 4.69) is 10.3 Å². The van der Waals surface area contributed by atoms with Gasteiger partial charge >= 0.3 is 0 Å². The SMILES string of the molecule is Cc1cnccc1C(=O)NC(C)CN. The number of amides is 1. The lowest BCUT2D eigenvalue weighted by molar-refractivity contribution is 0.0940. The van der Waals surface area contributed by atoms with E-state index in [0.717, 1.165) is 5.56 Å². The molecule has 0 aromatic carbocycles. The van der Waals surface area contributed by atoms with Crippen LogP contribution in [0.5, 0.6) is 0 Å². The average Bonchev–Trinajstić information content (AvgIpc) is 2.18. The van der Waals surface area contributed by atoms with Crippen LogP contribution in [-0.4, -0.2) is 23.5 Å². The number of hydrogen-bond acceptors (Lipinski definition) is 3. The summed E-state index contributed by atoms with van der Waals surface area (Å²) < 4.78 is 0. The molecule has 3 N–H and O–H groups in total. The summed E-state index contributed by atoms with van der Waals surface area (Å²) in [5.74, 6) is -0.0946. The fraction of sp³-hybridized carbons (Fsp3) is 0.400. The van der Waals surface area contributed by atoms with Gasteiger partial charge in [0.15, 0.2) is 0 Å². The first-order valence-corrected chi connectivity index (χ1v) is 4.56. The summed E-state index contributed by atoms with van der Waals surface area (Å²) in [6, 6.07) is 1.70. The third-order valence-corrected chi connectivity index (χ3v) is 2.00. The molecule has 0 bridgehead atoms. The molecule has 0 radical (unpaired) electrons. The monoisotopic (exact) mass is 193 g/mol. The molecule has 1 aromatic rings. The lowest BCUT2D eigenvalue weighted by Gasteiger charge is -2.12. The molecule has 0 fully saturated rings. The van der Waals surface area contributed by atoms with Gasteiger partial charge in [0.05, 0.1) is 0 Å². The minimum Gasteiger partial charge on any atom is -0.348 e. The van der Waals surface area contributed by atoms with Crippen molar-refractivity contribution in [1.82, 2.24) is 10.3 Å². The fourth-order valence-electron chi connectivity index (χ4n) is 1.09. The summed E-state index contributed by atoms with van der Waals surface area (Å²) in [6.07, 6.45) is 3.27. The Morgan fingerprint density at radius 3 is 3.00 bits per heavy atom. The number of aryl methyl sites for hydroxylation is 1. The van der Waals surface area contributed by atoms with Crippen LogP contribution >= 0.6 is 0 Å². The van der Waals surface area contributed by atoms with Crippen molar-refractivity contribution in [2.75, 3.05) is 6.54 Å². The normalized spacial score (nSPS) is 12.2. The number of carbonyl (C=O) groups is 1. The minimum atomic E-state index is -0.0946. The quantitative estimate of drug-likeness (QED) is 0.733. The molecule has 1 atom stereocenters. The number of hydrogen-bond donors (Lipinski definition) is 2. The van der Waals surface area contributed by atoms with E-state index in [0.29, 0.717) is 12.1 Å². The van der Waals surface area contributed by atoms with Gasteiger partial charge in [0, 0.05) is 30.5 Å². The van der Waals surface area contributed by atoms with Crippen LogP contribution in [0.3, 0.4) is 0 Å². The maximum atomic E-state index is 11.6. The molecule has 0 aliphatic carbocycles. The standard InChI is InChI=1S/C10H15N3O/c1-7-6-12-4-3-9(7)10(14)13-8(2)5-11/h3-4,6,8H,5,11H2,1-2H3,(H,13,14). The fourth-order valence-corrected chi connectivity index (χ4v) is 1.09. The highest BCUT2D eigenvalue weighted by molar-refractivity contribution is 5.95. The largest absolute Gasteiger partial charge is 0.348 e. The van der Waals surface area contributed by atoms with Crippen molar-refractivity contribution in [2.24, 2.45) is 5.73 Å². The molecule has 1 aromatic heterocycles. The van der Waals surface area contributed by atoms with E-state index in [1.165, 1.54) is 0 Å². The molecule has 14 heavy (non-hydrogen) atoms. The van der Waals surface area contributed by atoms with Crippen molar-refractivity contribution >= 4 is 5.91 Å². The molecule has 0 saturated heterocycles. The van der Waals surface area contributed by atoms with Gasteiger partial charge < -0.3 is 11.1 Å². The Hall–Kier alpha value is -1.42. The van der Waals surface area contributed by atoms with Crippen LogP contribution in [0.15, 0.2) is 18.5 Å². The van der Waals surface area contributed by atoms with Crippen LogP contribution in [0.1, 0.15) is 22.8 Å². The second-order valence-electron chi connectivity index (χ2n) is 3.30. The van der Waals surface area contributed by atoms with Gasteiger partial charge in [-0.1, -0.05) is 0 Å². The Balaban J connectivity index is 2.75. The zero-order valence-corrected chi connectivity index (χ0v) is 8.45. The number of pyridine rings is 1. The molecule has 0 spiro atoms. The van der Waals surface area contributed by atoms with Crippen LogP contribution in [0.4, 0.5) is 0 Å². The van der Waals surface area contributed by atoms with Gasteiger partial charge in [-0.25, -0.2) is 0 Å². The third kappa shape index (κ3) is 2.53. The van der Waals surface area contributed by atoms with Crippen molar-refractivity contribution < 1.29 is 4.79 Å². The van der Waals surface area contributed by atoms with Gasteiger partial charge in [-0.2, -0.15) is 0 Å². The molecule has 4 nitrogen and oxygen atoms in total. The topological polar surface area (TPSA) is 68.0 Å². The second kappa shape index (κ2) is 4.72. The van der Waals surface area contributed by atoms with E-state index in [-0.39, 0.29) is 11.9 Å². The number of rotatable bonds is 3. The Morgan fingerprint density at radius 2 is 2.43 bits per heavy atom. The van der Waals surface area contributed by atoms with E-state index in [4.69, 9.17) is 5.73 Å². The predicted molar refractivity (Wildman–Crippen MR) is 55.0 cm³/mol. The van der Waals surface area contributed by atoms with E-state index in [1.807, 2.05) is 13.8 Å². The molecule has 1 rings (SSSR count). The van der Waals surface area contributed by atoms with Crippen LogP contribution in [0.25, 0.3) is 0 Å². The van der Waals surface area contributed by atoms with Gasteiger partial charge in [-0.05, 0) is 25.5 Å². The zero-order chi connectivity index (χ0) is 10.6. The Morgan fingerprint density at radius 1 is 1.71 bits per heavy atom. The van der Waals surface area contributed by atoms with Gasteiger partial charge in [0.2, 0.25) is 0 Å². The lowest BCUT2D eigenvalue weighted by atomic mass is 10.1. The van der Waals surface area contributed by atoms with E-state index >= 15 is 0 Å². The number of nitrogens with zero attached hydrogens (tertiary/aromatic N) is 1. The van der Waals surface area contributed by atoms with Crippen molar-refractivity contribution in [1.29, 1.82) is 0 Å². The van der Waals surface area contributed by atoms with Crippen molar-refractivity contribution in [3.8, 4) is 0 Å². The summed E-state index contributed by atoms with van der Waals surface area (Å²) >= 11 is 0. The molecule has 1 heterocycles. The van der Waals surface area contributed by atoms with Crippen molar-refractivity contribution in [3.05, 3.63) is 29.6 Å². The molecule has 0 aliphatic heterocycles. The molecule has 76 valence electrons. The maximum absolute atomic E-state index is 11.6. The van der Waals surface area contributed by atoms with Crippen molar-refractivity contribution in [3.63, 3.8) is 0 Å². The number of carbonyl (C=O) groups excluding carboxylic acids is 1. The van der Waals surface area contributed by atoms with Crippen LogP contribution in [-0.2, 0) is 0 Å². The highest BCUT2D eigenvalue weighted by atomic mass is 16.1. The zero-order valence-electron chi connectivity index (χ0n) is 8.45. The minimum absolute atomic E-state index is 0.00457. The van der Waals surface area contributed by atoms with E-state index in [1.54, 1.807) is 18.5 Å². The summed E-state index contributed by atoms with van der Waals surface area (Å²) in [5.41, 5.74) is 6.93. The Kier molecular flexibility index (Phi) is 3.59. The summed E-state index contributed by atoms with van der Waals surface area (Å²) in [4.78, 5) is 15.6. The van der Waals surface area contributed by atoms with Gasteiger partial charge in [-0.15, -0.1) is 0 Å². The second-order valence-corrected chi connectivity index (χ2v) is 3.30. The van der Waals surface area contributed by atoms with Crippen LogP contribution < -0.4 is 11.1 Å². The average molecular weight is 193 g/mol. The molecule has 4 heteroatoms. The summed E-state index contributed by atoms with van der Waals surface area (Å²) in [6.45, 7) is 4.17. The highest BCUT2D eigenvalue weighted by Crippen LogP contribution is 2.04. The molecular formula is C10H15N3O. The van der Waals surface area contributed by atoms with E-state index in [9.17, 15) is 4.79 Å². The molecular weight excluding hydrogens is 178 g/mol. The van der Waals surface area contributed by atoms with Crippen LogP contribution in [0.2, 0.25) is 0 Å². The van der Waals surface area contributed by atoms with Crippen LogP contribution in [0, 0.1) is 6.92 Å². The lowest BCUT2D eigenvalue weighted by Crippen LogP contribution is -2.38. The maximum Gasteiger partial charge on any atom is 0.251 e. The number of nitrogens with two attached hydrogens (primary N) is 1. The van der Waals surface area contributed by atoms with Gasteiger partial charge in [-0.3, -0.25) is 9.78 Å². The summed E-state index contributed by atoms with van der Waals surface area (Å²) in [5, 5.41) is 2.79. The Bertz CT molecular complexity index is 325. The predicted octanol–water partition coefficient (Wildman–Crippen LogP) is 0.467. The molecule has 1 amide bonds. The molecule has 0 aliphatic rings. The molecule has 0 saturated carbocycles. The first kappa shape index (κ1) is 10.7.